The van der Waals surface area contributed by atoms with Gasteiger partial charge in [-0.05, 0) is 78.4 Å². The fraction of sp³-hybridized carbons (Fsp3) is 0. The molecule has 1 aliphatic rings. The highest BCUT2D eigenvalue weighted by atomic mass is 16.5. The standard InChI is InChI=1S/C43H26N2O3/c46-42-33-12-3-7-18-39(33)48-43-30(13-9-14-34(42)43)27-20-22-28(23-21-27)44-37-17-6-8-19-40(37)47-41-25-24-29(26-38(41)44)45-35-15-4-1-10-31(35)32-11-2-5-16-36(32)45/h1-26H. The summed E-state index contributed by atoms with van der Waals surface area (Å²) in [6.45, 7) is 0. The van der Waals surface area contributed by atoms with E-state index in [1.165, 1.54) is 10.8 Å². The largest absolute Gasteiger partial charge is 0.455 e. The molecule has 9 aromatic rings. The molecule has 10 rings (SSSR count). The molecule has 0 saturated carbocycles. The zero-order valence-corrected chi connectivity index (χ0v) is 25.6. The van der Waals surface area contributed by atoms with Crippen LogP contribution in [-0.2, 0) is 0 Å². The van der Waals surface area contributed by atoms with E-state index in [-0.39, 0.29) is 5.43 Å². The van der Waals surface area contributed by atoms with Crippen molar-refractivity contribution in [3.05, 3.63) is 168 Å². The van der Waals surface area contributed by atoms with E-state index in [0.717, 1.165) is 56.4 Å². The topological polar surface area (TPSA) is 47.6 Å². The number of benzene rings is 7. The van der Waals surface area contributed by atoms with E-state index in [1.54, 1.807) is 0 Å². The molecule has 0 aliphatic carbocycles. The summed E-state index contributed by atoms with van der Waals surface area (Å²) in [6, 6.07) is 53.2. The molecule has 2 aromatic heterocycles. The third-order valence-electron chi connectivity index (χ3n) is 9.39. The van der Waals surface area contributed by atoms with Gasteiger partial charge in [0.25, 0.3) is 0 Å². The van der Waals surface area contributed by atoms with Gasteiger partial charge >= 0.3 is 0 Å². The van der Waals surface area contributed by atoms with Crippen molar-refractivity contribution >= 4 is 60.8 Å². The van der Waals surface area contributed by atoms with Crippen LogP contribution in [0.3, 0.4) is 0 Å². The van der Waals surface area contributed by atoms with Crippen LogP contribution < -0.4 is 15.1 Å². The van der Waals surface area contributed by atoms with Gasteiger partial charge in [0.2, 0.25) is 5.43 Å². The maximum absolute atomic E-state index is 13.3. The molecule has 0 spiro atoms. The summed E-state index contributed by atoms with van der Waals surface area (Å²) in [5.74, 6) is 1.58. The van der Waals surface area contributed by atoms with Crippen molar-refractivity contribution in [1.29, 1.82) is 0 Å². The van der Waals surface area contributed by atoms with Gasteiger partial charge in [-0.25, -0.2) is 0 Å². The smallest absolute Gasteiger partial charge is 0.200 e. The molecule has 0 amide bonds. The first-order chi connectivity index (χ1) is 23.7. The molecule has 226 valence electrons. The number of para-hydroxylation sites is 6. The molecule has 0 N–H and O–H groups in total. The van der Waals surface area contributed by atoms with Gasteiger partial charge < -0.3 is 18.6 Å². The molecule has 0 saturated heterocycles. The fourth-order valence-corrected chi connectivity index (χ4v) is 7.20. The van der Waals surface area contributed by atoms with E-state index in [2.05, 4.69) is 107 Å². The molecule has 0 unspecified atom stereocenters. The average molecular weight is 619 g/mol. The minimum absolute atomic E-state index is 0.0223. The van der Waals surface area contributed by atoms with Gasteiger partial charge in [0.05, 0.1) is 33.2 Å². The first kappa shape index (κ1) is 26.6. The quantitative estimate of drug-likeness (QED) is 0.185. The zero-order chi connectivity index (χ0) is 31.8. The zero-order valence-electron chi connectivity index (χ0n) is 25.6. The Hall–Kier alpha value is -6.59. The van der Waals surface area contributed by atoms with Crippen LogP contribution >= 0.6 is 0 Å². The highest BCUT2D eigenvalue weighted by molar-refractivity contribution is 6.09. The Balaban J connectivity index is 1.13. The number of rotatable bonds is 3. The summed E-state index contributed by atoms with van der Waals surface area (Å²) in [5, 5.41) is 3.60. The normalized spacial score (nSPS) is 12.4. The van der Waals surface area contributed by atoms with Gasteiger partial charge in [-0.2, -0.15) is 0 Å². The number of fused-ring (bicyclic) bond motifs is 7. The van der Waals surface area contributed by atoms with Crippen molar-refractivity contribution in [1.82, 2.24) is 4.57 Å². The van der Waals surface area contributed by atoms with Crippen LogP contribution in [0.5, 0.6) is 11.5 Å². The fourth-order valence-electron chi connectivity index (χ4n) is 7.20. The molecule has 0 fully saturated rings. The van der Waals surface area contributed by atoms with Gasteiger partial charge in [-0.15, -0.1) is 0 Å². The lowest BCUT2D eigenvalue weighted by molar-refractivity contribution is 0.477. The number of hydrogen-bond donors (Lipinski definition) is 0. The SMILES string of the molecule is O=c1c2ccccc2oc2c(-c3ccc(N4c5ccccc5Oc5ccc(-n6c7ccccc7c7ccccc76)cc54)cc3)cccc12. The van der Waals surface area contributed by atoms with Crippen LogP contribution in [0.4, 0.5) is 17.1 Å². The highest BCUT2D eigenvalue weighted by Crippen LogP contribution is 2.51. The molecule has 7 aromatic carbocycles. The number of ether oxygens (including phenoxy) is 1. The minimum Gasteiger partial charge on any atom is -0.455 e. The third kappa shape index (κ3) is 3.88. The summed E-state index contributed by atoms with van der Waals surface area (Å²) in [6.07, 6.45) is 0. The van der Waals surface area contributed by atoms with Crippen molar-refractivity contribution < 1.29 is 9.15 Å². The Kier molecular flexibility index (Phi) is 5.66. The van der Waals surface area contributed by atoms with Crippen LogP contribution in [0, 0.1) is 0 Å². The van der Waals surface area contributed by atoms with Crippen molar-refractivity contribution in [3.63, 3.8) is 0 Å². The lowest BCUT2D eigenvalue weighted by atomic mass is 10.0. The first-order valence-corrected chi connectivity index (χ1v) is 16.0. The van der Waals surface area contributed by atoms with E-state index in [1.807, 2.05) is 60.7 Å². The second-order valence-electron chi connectivity index (χ2n) is 12.1. The van der Waals surface area contributed by atoms with Crippen molar-refractivity contribution in [2.45, 2.75) is 0 Å². The van der Waals surface area contributed by atoms with E-state index in [9.17, 15) is 4.79 Å². The Morgan fingerprint density at radius 2 is 1.10 bits per heavy atom. The highest BCUT2D eigenvalue weighted by Gasteiger charge is 2.27. The molecular weight excluding hydrogens is 592 g/mol. The molecule has 0 radical (unpaired) electrons. The second kappa shape index (κ2) is 10.2. The summed E-state index contributed by atoms with van der Waals surface area (Å²) < 4.78 is 15.1. The third-order valence-corrected chi connectivity index (χ3v) is 9.39. The van der Waals surface area contributed by atoms with Crippen LogP contribution in [0.1, 0.15) is 0 Å². The Morgan fingerprint density at radius 3 is 1.90 bits per heavy atom. The van der Waals surface area contributed by atoms with E-state index >= 15 is 0 Å². The lowest BCUT2D eigenvalue weighted by Gasteiger charge is -2.33. The molecule has 3 heterocycles. The predicted octanol–water partition coefficient (Wildman–Crippen LogP) is 11.3. The van der Waals surface area contributed by atoms with E-state index < -0.39 is 0 Å². The maximum atomic E-state index is 13.3. The van der Waals surface area contributed by atoms with Gasteiger partial charge in [0, 0.05) is 27.7 Å². The Bertz CT molecular complexity index is 2740. The van der Waals surface area contributed by atoms with Gasteiger partial charge in [0.1, 0.15) is 11.2 Å². The minimum atomic E-state index is -0.0223. The van der Waals surface area contributed by atoms with Crippen LogP contribution in [0.25, 0.3) is 60.6 Å². The summed E-state index contributed by atoms with van der Waals surface area (Å²) in [5.41, 5.74) is 9.24. The number of aromatic nitrogens is 1. The first-order valence-electron chi connectivity index (χ1n) is 16.0. The van der Waals surface area contributed by atoms with Crippen molar-refractivity contribution in [2.75, 3.05) is 4.90 Å². The average Bonchev–Trinajstić information content (AvgIpc) is 3.48. The Morgan fingerprint density at radius 1 is 0.479 bits per heavy atom. The van der Waals surface area contributed by atoms with Crippen LogP contribution in [-0.4, -0.2) is 4.57 Å². The van der Waals surface area contributed by atoms with Crippen LogP contribution in [0.2, 0.25) is 0 Å². The van der Waals surface area contributed by atoms with E-state index in [0.29, 0.717) is 21.9 Å². The van der Waals surface area contributed by atoms with Gasteiger partial charge in [-0.1, -0.05) is 84.9 Å². The lowest BCUT2D eigenvalue weighted by Crippen LogP contribution is -2.16. The molecule has 1 aliphatic heterocycles. The summed E-state index contributed by atoms with van der Waals surface area (Å²) in [4.78, 5) is 15.6. The van der Waals surface area contributed by atoms with Gasteiger partial charge in [0.15, 0.2) is 11.5 Å². The van der Waals surface area contributed by atoms with E-state index in [4.69, 9.17) is 9.15 Å². The van der Waals surface area contributed by atoms with Gasteiger partial charge in [-0.3, -0.25) is 4.79 Å². The number of nitrogens with zero attached hydrogens (tertiary/aromatic N) is 2. The van der Waals surface area contributed by atoms with Crippen LogP contribution in [0.15, 0.2) is 167 Å². The molecule has 0 atom stereocenters. The molecule has 0 bridgehead atoms. The van der Waals surface area contributed by atoms with Crippen molar-refractivity contribution in [3.8, 4) is 28.3 Å². The molecular formula is C43H26N2O3. The summed E-state index contributed by atoms with van der Waals surface area (Å²) >= 11 is 0. The number of hydrogen-bond acceptors (Lipinski definition) is 4. The maximum Gasteiger partial charge on any atom is 0.200 e. The molecule has 5 nitrogen and oxygen atoms in total. The predicted molar refractivity (Wildman–Crippen MR) is 195 cm³/mol. The summed E-state index contributed by atoms with van der Waals surface area (Å²) in [7, 11) is 0. The molecule has 48 heavy (non-hydrogen) atoms. The number of anilines is 3. The second-order valence-corrected chi connectivity index (χ2v) is 12.1. The molecule has 5 heteroatoms. The monoisotopic (exact) mass is 618 g/mol. The Labute approximate surface area is 275 Å². The van der Waals surface area contributed by atoms with Crippen molar-refractivity contribution in [2.24, 2.45) is 0 Å².